The summed E-state index contributed by atoms with van der Waals surface area (Å²) < 4.78 is 34.2. The number of hydrogen-bond donors (Lipinski definition) is 0. The molecule has 0 spiro atoms. The molecule has 90 heavy (non-hydrogen) atoms. The first-order valence-corrected chi connectivity index (χ1v) is 37.0. The van der Waals surface area contributed by atoms with Gasteiger partial charge in [0.2, 0.25) is 0 Å². The van der Waals surface area contributed by atoms with Crippen LogP contribution in [0.4, 0.5) is 0 Å². The molecule has 508 valence electrons. The molecule has 0 aromatic carbocycles. The lowest BCUT2D eigenvalue weighted by molar-refractivity contribution is -0.870. The number of unbranched alkanes of at least 4 members (excludes halogenated alkanes) is 19. The van der Waals surface area contributed by atoms with Gasteiger partial charge in [-0.25, -0.2) is 0 Å². The van der Waals surface area contributed by atoms with Crippen LogP contribution in [0.1, 0.15) is 258 Å². The Morgan fingerprint density at radius 3 is 0.911 bits per heavy atom. The number of ether oxygens (including phenoxy) is 2. The molecule has 0 saturated carbocycles. The summed E-state index contributed by atoms with van der Waals surface area (Å²) in [5.74, 6) is -0.893. The van der Waals surface area contributed by atoms with Crippen molar-refractivity contribution >= 4 is 19.8 Å². The molecule has 2 atom stereocenters. The number of hydrogen-bond acceptors (Lipinski definition) is 8. The van der Waals surface area contributed by atoms with Crippen LogP contribution >= 0.6 is 7.82 Å². The molecule has 0 radical (unpaired) electrons. The second-order valence-electron chi connectivity index (χ2n) is 24.1. The van der Waals surface area contributed by atoms with Crippen molar-refractivity contribution in [2.24, 2.45) is 0 Å². The Kier molecular flexibility index (Phi) is 64.8. The first-order valence-electron chi connectivity index (χ1n) is 35.5. The van der Waals surface area contributed by atoms with Crippen molar-refractivity contribution in [2.75, 3.05) is 47.5 Å². The van der Waals surface area contributed by atoms with Crippen LogP contribution in [-0.4, -0.2) is 70.0 Å². The van der Waals surface area contributed by atoms with Gasteiger partial charge in [-0.05, 0) is 135 Å². The molecule has 9 nitrogen and oxygen atoms in total. The van der Waals surface area contributed by atoms with E-state index >= 15 is 0 Å². The van der Waals surface area contributed by atoms with E-state index in [0.717, 1.165) is 128 Å². The van der Waals surface area contributed by atoms with Gasteiger partial charge in [0.05, 0.1) is 27.7 Å². The van der Waals surface area contributed by atoms with E-state index in [1.807, 2.05) is 21.1 Å². The third-order valence-corrected chi connectivity index (χ3v) is 15.4. The monoisotopic (exact) mass is 1260 g/mol. The Hall–Kier alpha value is -4.89. The maximum atomic E-state index is 12.9. The van der Waals surface area contributed by atoms with Crippen molar-refractivity contribution in [3.05, 3.63) is 182 Å². The third-order valence-electron chi connectivity index (χ3n) is 14.4. The number of rotatable bonds is 63. The van der Waals surface area contributed by atoms with Gasteiger partial charge in [0.15, 0.2) is 6.10 Å². The second kappa shape index (κ2) is 68.5. The molecular weight excluding hydrogens is 1130 g/mol. The van der Waals surface area contributed by atoms with E-state index in [4.69, 9.17) is 18.5 Å². The molecule has 0 heterocycles. The number of nitrogens with zero attached hydrogens (tertiary/aromatic N) is 1. The molecule has 0 aromatic rings. The Morgan fingerprint density at radius 1 is 0.344 bits per heavy atom. The molecule has 0 aliphatic rings. The summed E-state index contributed by atoms with van der Waals surface area (Å²) in [7, 11) is 1.12. The second-order valence-corrected chi connectivity index (χ2v) is 25.5. The van der Waals surface area contributed by atoms with E-state index in [1.165, 1.54) is 89.9 Å². The summed E-state index contributed by atoms with van der Waals surface area (Å²) in [5, 5.41) is 0. The normalized spacial score (nSPS) is 14.2. The van der Waals surface area contributed by atoms with E-state index in [9.17, 15) is 19.0 Å². The topological polar surface area (TPSA) is 111 Å². The van der Waals surface area contributed by atoms with Crippen molar-refractivity contribution < 1.29 is 42.1 Å². The van der Waals surface area contributed by atoms with Crippen LogP contribution in [-0.2, 0) is 32.7 Å². The lowest BCUT2D eigenvalue weighted by atomic mass is 10.0. The summed E-state index contributed by atoms with van der Waals surface area (Å²) in [6, 6.07) is 0. The molecule has 0 N–H and O–H groups in total. The largest absolute Gasteiger partial charge is 0.756 e. The van der Waals surface area contributed by atoms with Gasteiger partial charge in [0.1, 0.15) is 19.8 Å². The quantitative estimate of drug-likeness (QED) is 0.0195. The highest BCUT2D eigenvalue weighted by molar-refractivity contribution is 7.45. The zero-order chi connectivity index (χ0) is 65.5. The van der Waals surface area contributed by atoms with E-state index in [1.54, 1.807) is 0 Å². The van der Waals surface area contributed by atoms with E-state index in [-0.39, 0.29) is 26.1 Å². The van der Waals surface area contributed by atoms with Crippen LogP contribution < -0.4 is 4.89 Å². The fourth-order valence-electron chi connectivity index (χ4n) is 9.06. The standard InChI is InChI=1S/C80H130NO8P/c1-6-8-10-12-14-16-18-20-22-24-26-28-30-32-34-36-38-40-42-44-46-48-50-52-54-56-58-60-62-64-66-68-70-72-79(82)86-76-78(77-88-90(84,85)87-75-74-81(3,4)5)89-80(83)73-71-69-67-65-63-61-59-57-55-53-51-49-47-45-43-41-39-37-35-33-31-29-27-25-23-21-19-17-15-13-11-9-7-2/h8-11,14-17,20-23,26-29,32-35,39,41,45,47,51,53,57,59,63,65,78H,6-7,12-13,18-19,24-25,30-31,36-38,40,42-44,46,48-50,52,54-56,58,60-62,64,66-77H2,1-5H3/b10-8-,11-9-,16-14-,17-15-,22-20-,23-21-,28-26-,29-27-,34-32-,35-33-,41-39-,47-45-,53-51-,59-57-,65-63-. The van der Waals surface area contributed by atoms with Crippen LogP contribution in [0.15, 0.2) is 182 Å². The van der Waals surface area contributed by atoms with Gasteiger partial charge in [-0.1, -0.05) is 292 Å². The first-order chi connectivity index (χ1) is 44.0. The highest BCUT2D eigenvalue weighted by atomic mass is 31.2. The van der Waals surface area contributed by atoms with Crippen molar-refractivity contribution in [1.82, 2.24) is 0 Å². The highest BCUT2D eigenvalue weighted by Crippen LogP contribution is 2.38. The van der Waals surface area contributed by atoms with Gasteiger partial charge in [-0.15, -0.1) is 0 Å². The van der Waals surface area contributed by atoms with Crippen LogP contribution in [0.3, 0.4) is 0 Å². The SMILES string of the molecule is CC/C=C\C/C=C\C/C=C\C/C=C\C/C=C\C/C=C\C/C=C\C/C=C\C/C=C\C/C=C\CCCCC(=O)OC(COC(=O)CCCCCCCCCCCCCCCCCCC/C=C\C/C=C\C/C=C\C/C=C\C/C=C\CC)COP(=O)([O-])OCC[N+](C)(C)C. The summed E-state index contributed by atoms with van der Waals surface area (Å²) in [6.45, 7) is 3.95. The molecule has 0 rings (SSSR count). The molecule has 0 saturated heterocycles. The minimum atomic E-state index is -4.67. The molecular formula is C80H130NO8P. The molecule has 0 bridgehead atoms. The number of quaternary nitrogens is 1. The van der Waals surface area contributed by atoms with Gasteiger partial charge in [-0.3, -0.25) is 14.2 Å². The average Bonchev–Trinajstić information content (AvgIpc) is 3.58. The maximum Gasteiger partial charge on any atom is 0.306 e. The maximum absolute atomic E-state index is 12.9. The van der Waals surface area contributed by atoms with Crippen molar-refractivity contribution in [3.8, 4) is 0 Å². The lowest BCUT2D eigenvalue weighted by Crippen LogP contribution is -2.37. The highest BCUT2D eigenvalue weighted by Gasteiger charge is 2.22. The minimum absolute atomic E-state index is 0.0485. The number of esters is 2. The smallest absolute Gasteiger partial charge is 0.306 e. The molecule has 2 unspecified atom stereocenters. The summed E-state index contributed by atoms with van der Waals surface area (Å²) >= 11 is 0. The molecule has 10 heteroatoms. The Morgan fingerprint density at radius 2 is 0.600 bits per heavy atom. The van der Waals surface area contributed by atoms with Crippen molar-refractivity contribution in [2.45, 2.75) is 264 Å². The van der Waals surface area contributed by atoms with Gasteiger partial charge < -0.3 is 27.9 Å². The predicted molar refractivity (Wildman–Crippen MR) is 387 cm³/mol. The summed E-state index contributed by atoms with van der Waals surface area (Å²) in [4.78, 5) is 38.1. The third kappa shape index (κ3) is 72.2. The summed E-state index contributed by atoms with van der Waals surface area (Å²) in [5.41, 5.74) is 0. The van der Waals surface area contributed by atoms with Gasteiger partial charge in [0, 0.05) is 12.8 Å². The number of carbonyl (C=O) groups excluding carboxylic acids is 2. The molecule has 0 fully saturated rings. The number of phosphoric acid groups is 1. The van der Waals surface area contributed by atoms with Gasteiger partial charge in [-0.2, -0.15) is 0 Å². The molecule has 0 amide bonds. The fraction of sp³-hybridized carbons (Fsp3) is 0.600. The van der Waals surface area contributed by atoms with Gasteiger partial charge in [0.25, 0.3) is 7.82 Å². The lowest BCUT2D eigenvalue weighted by Gasteiger charge is -2.28. The van der Waals surface area contributed by atoms with Crippen molar-refractivity contribution in [3.63, 3.8) is 0 Å². The molecule has 0 aliphatic heterocycles. The number of phosphoric ester groups is 1. The van der Waals surface area contributed by atoms with E-state index in [2.05, 4.69) is 196 Å². The molecule has 0 aliphatic carbocycles. The van der Waals surface area contributed by atoms with E-state index < -0.39 is 32.5 Å². The number of carbonyl (C=O) groups is 2. The van der Waals surface area contributed by atoms with E-state index in [0.29, 0.717) is 23.9 Å². The Labute approximate surface area is 552 Å². The number of allylic oxidation sites excluding steroid dienone is 30. The zero-order valence-electron chi connectivity index (χ0n) is 57.8. The fourth-order valence-corrected chi connectivity index (χ4v) is 9.79. The predicted octanol–water partition coefficient (Wildman–Crippen LogP) is 22.9. The minimum Gasteiger partial charge on any atom is -0.756 e. The molecule has 0 aromatic heterocycles. The summed E-state index contributed by atoms with van der Waals surface area (Å²) in [6.07, 6.45) is 105. The van der Waals surface area contributed by atoms with Crippen molar-refractivity contribution in [1.29, 1.82) is 0 Å². The van der Waals surface area contributed by atoms with Crippen LogP contribution in [0, 0.1) is 0 Å². The average molecular weight is 1260 g/mol. The zero-order valence-corrected chi connectivity index (χ0v) is 58.7. The van der Waals surface area contributed by atoms with Gasteiger partial charge >= 0.3 is 11.9 Å². The Balaban J connectivity index is 4.17. The number of likely N-dealkylation sites (N-methyl/N-ethyl adjacent to an activating group) is 1. The first kappa shape index (κ1) is 85.1. The Bertz CT molecular complexity index is 2170. The van der Waals surface area contributed by atoms with Crippen LogP contribution in [0.2, 0.25) is 0 Å². The van der Waals surface area contributed by atoms with Crippen LogP contribution in [0.5, 0.6) is 0 Å². The van der Waals surface area contributed by atoms with Crippen LogP contribution in [0.25, 0.3) is 0 Å².